The number of fused-ring (bicyclic) bond motifs is 1. The number of nitrogens with one attached hydrogen (secondary N) is 2. The van der Waals surface area contributed by atoms with Gasteiger partial charge in [0.25, 0.3) is 0 Å². The van der Waals surface area contributed by atoms with E-state index in [-0.39, 0.29) is 0 Å². The summed E-state index contributed by atoms with van der Waals surface area (Å²) >= 11 is 1.39. The van der Waals surface area contributed by atoms with Crippen LogP contribution in [-0.4, -0.2) is 47.3 Å². The summed E-state index contributed by atoms with van der Waals surface area (Å²) in [7, 11) is 4.52. The standard InChI is InChI=1S/C30H32N6O6S.C2H6/c1-5-19-6-7-23(41-18-20-8-9-31-27(13-20)39-3)26(12-19)43-35-29-28-24(38-2)10-21(11-25(28)42-34-29)16-36-17-22(15-33-36)14-32-30(37)40-4;1-2/h6-13,15,17H,5,14,16,18H2,1-4H3,(H,32,37)(H,34,35);1-2H3. The van der Waals surface area contributed by atoms with Crippen LogP contribution in [0, 0.1) is 0 Å². The smallest absolute Gasteiger partial charge is 0.407 e. The Hall–Kier alpha value is -4.91. The third-order valence-electron chi connectivity index (χ3n) is 6.55. The highest BCUT2D eigenvalue weighted by Crippen LogP contribution is 2.38. The van der Waals surface area contributed by atoms with Gasteiger partial charge in [0.05, 0.1) is 39.0 Å². The second-order valence-electron chi connectivity index (χ2n) is 9.43. The Bertz CT molecular complexity index is 1710. The quantitative estimate of drug-likeness (QED) is 0.135. The third kappa shape index (κ3) is 8.60. The number of hydrogen-bond donors (Lipinski definition) is 2. The van der Waals surface area contributed by atoms with Crippen molar-refractivity contribution in [2.75, 3.05) is 26.1 Å². The number of hydrogen-bond acceptors (Lipinski definition) is 11. The van der Waals surface area contributed by atoms with E-state index in [4.69, 9.17) is 18.7 Å². The van der Waals surface area contributed by atoms with Crippen LogP contribution in [0.3, 0.4) is 0 Å². The van der Waals surface area contributed by atoms with E-state index in [9.17, 15) is 4.79 Å². The molecule has 12 nitrogen and oxygen atoms in total. The summed E-state index contributed by atoms with van der Waals surface area (Å²) < 4.78 is 32.5. The molecule has 238 valence electrons. The summed E-state index contributed by atoms with van der Waals surface area (Å²) in [4.78, 5) is 16.4. The molecular weight excluding hydrogens is 596 g/mol. The maximum absolute atomic E-state index is 11.3. The molecule has 0 fully saturated rings. The number of ether oxygens (including phenoxy) is 4. The fraction of sp³-hybridized carbons (Fsp3) is 0.312. The average Bonchev–Trinajstić information content (AvgIpc) is 3.72. The first-order chi connectivity index (χ1) is 22.0. The van der Waals surface area contributed by atoms with Gasteiger partial charge in [0.15, 0.2) is 11.4 Å². The number of benzene rings is 2. The van der Waals surface area contributed by atoms with Gasteiger partial charge >= 0.3 is 6.09 Å². The van der Waals surface area contributed by atoms with Crippen molar-refractivity contribution in [1.82, 2.24) is 25.2 Å². The first-order valence-electron chi connectivity index (χ1n) is 14.5. The van der Waals surface area contributed by atoms with Crippen LogP contribution in [-0.2, 0) is 30.9 Å². The number of alkyl carbamates (subject to hydrolysis) is 1. The van der Waals surface area contributed by atoms with E-state index in [1.807, 2.05) is 50.4 Å². The number of aryl methyl sites for hydroxylation is 1. The van der Waals surface area contributed by atoms with Gasteiger partial charge in [-0.15, -0.1) is 0 Å². The van der Waals surface area contributed by atoms with E-state index in [1.165, 1.54) is 24.6 Å². The Kier molecular flexibility index (Phi) is 11.9. The molecule has 0 unspecified atom stereocenters. The molecule has 2 N–H and O–H groups in total. The lowest BCUT2D eigenvalue weighted by Gasteiger charge is -2.13. The molecule has 0 aliphatic carbocycles. The van der Waals surface area contributed by atoms with Crippen LogP contribution in [0.15, 0.2) is 70.5 Å². The van der Waals surface area contributed by atoms with Gasteiger partial charge < -0.3 is 33.5 Å². The van der Waals surface area contributed by atoms with Crippen molar-refractivity contribution >= 4 is 34.8 Å². The van der Waals surface area contributed by atoms with E-state index in [2.05, 4.69) is 49.1 Å². The number of carbonyl (C=O) groups is 1. The Morgan fingerprint density at radius 2 is 1.82 bits per heavy atom. The number of pyridine rings is 1. The molecule has 3 heterocycles. The fourth-order valence-electron chi connectivity index (χ4n) is 4.32. The van der Waals surface area contributed by atoms with Gasteiger partial charge in [-0.2, -0.15) is 5.10 Å². The van der Waals surface area contributed by atoms with Gasteiger partial charge in [0, 0.05) is 30.6 Å². The topological polar surface area (TPSA) is 135 Å². The third-order valence-corrected chi connectivity index (χ3v) is 7.38. The van der Waals surface area contributed by atoms with E-state index < -0.39 is 6.09 Å². The maximum atomic E-state index is 11.3. The number of nitrogens with zero attached hydrogens (tertiary/aromatic N) is 4. The number of amides is 1. The molecule has 2 aromatic carbocycles. The lowest BCUT2D eigenvalue weighted by molar-refractivity contribution is 0.170. The molecule has 5 aromatic rings. The second-order valence-corrected chi connectivity index (χ2v) is 10.3. The normalized spacial score (nSPS) is 10.5. The summed E-state index contributed by atoms with van der Waals surface area (Å²) in [5.74, 6) is 2.41. The van der Waals surface area contributed by atoms with Gasteiger partial charge in [-0.1, -0.05) is 32.0 Å². The predicted octanol–water partition coefficient (Wildman–Crippen LogP) is 6.63. The van der Waals surface area contributed by atoms with Crippen LogP contribution in [0.2, 0.25) is 0 Å². The molecule has 0 radical (unpaired) electrons. The van der Waals surface area contributed by atoms with Crippen LogP contribution in [0.1, 0.15) is 43.0 Å². The van der Waals surface area contributed by atoms with Gasteiger partial charge in [0.2, 0.25) is 5.88 Å². The Morgan fingerprint density at radius 1 is 0.978 bits per heavy atom. The number of anilines is 1. The SMILES string of the molecule is CC.CCc1ccc(OCc2ccnc(OC)c2)c(SNc2noc3cc(Cn4cc(CNC(=O)OC)cn4)cc(OC)c23)c1. The lowest BCUT2D eigenvalue weighted by Crippen LogP contribution is -2.21. The molecule has 0 atom stereocenters. The summed E-state index contributed by atoms with van der Waals surface area (Å²) in [6.07, 6.45) is 5.63. The molecule has 45 heavy (non-hydrogen) atoms. The summed E-state index contributed by atoms with van der Waals surface area (Å²) in [6, 6.07) is 13.7. The Morgan fingerprint density at radius 3 is 2.58 bits per heavy atom. The summed E-state index contributed by atoms with van der Waals surface area (Å²) in [5.41, 5.74) is 4.45. The van der Waals surface area contributed by atoms with E-state index in [0.717, 1.165) is 39.1 Å². The van der Waals surface area contributed by atoms with Crippen molar-refractivity contribution in [1.29, 1.82) is 0 Å². The van der Waals surface area contributed by atoms with Gasteiger partial charge in [0.1, 0.15) is 23.5 Å². The van der Waals surface area contributed by atoms with Gasteiger partial charge in [-0.05, 0) is 65.4 Å². The van der Waals surface area contributed by atoms with Crippen LogP contribution < -0.4 is 24.2 Å². The van der Waals surface area contributed by atoms with Gasteiger partial charge in [-0.25, -0.2) is 9.78 Å². The Balaban J connectivity index is 0.00000226. The molecule has 5 rings (SSSR count). The Labute approximate surface area is 266 Å². The van der Waals surface area contributed by atoms with Crippen LogP contribution in [0.5, 0.6) is 17.4 Å². The summed E-state index contributed by atoms with van der Waals surface area (Å²) in [5, 5.41) is 12.0. The zero-order valence-electron chi connectivity index (χ0n) is 26.2. The number of aromatic nitrogens is 4. The minimum Gasteiger partial charge on any atom is -0.496 e. The largest absolute Gasteiger partial charge is 0.496 e. The highest BCUT2D eigenvalue weighted by Gasteiger charge is 2.17. The molecule has 0 aliphatic rings. The fourth-order valence-corrected chi connectivity index (χ4v) is 5.10. The first-order valence-corrected chi connectivity index (χ1v) is 15.3. The zero-order valence-corrected chi connectivity index (χ0v) is 27.1. The first kappa shape index (κ1) is 33.0. The zero-order chi connectivity index (χ0) is 32.2. The van der Waals surface area contributed by atoms with E-state index in [1.54, 1.807) is 31.3 Å². The van der Waals surface area contributed by atoms with E-state index >= 15 is 0 Å². The van der Waals surface area contributed by atoms with Crippen molar-refractivity contribution in [3.63, 3.8) is 0 Å². The molecule has 0 bridgehead atoms. The molecular formula is C32H38N6O6S. The average molecular weight is 635 g/mol. The molecule has 1 amide bonds. The predicted molar refractivity (Wildman–Crippen MR) is 173 cm³/mol. The molecule has 0 saturated carbocycles. The van der Waals surface area contributed by atoms with Crippen LogP contribution >= 0.6 is 11.9 Å². The minimum atomic E-state index is -0.497. The van der Waals surface area contributed by atoms with Crippen LogP contribution in [0.4, 0.5) is 10.6 Å². The van der Waals surface area contributed by atoms with Crippen molar-refractivity contribution in [3.05, 3.63) is 83.3 Å². The molecule has 0 aliphatic heterocycles. The number of methoxy groups -OCH3 is 3. The van der Waals surface area contributed by atoms with E-state index in [0.29, 0.717) is 42.7 Å². The van der Waals surface area contributed by atoms with Crippen molar-refractivity contribution in [2.45, 2.75) is 51.8 Å². The van der Waals surface area contributed by atoms with Crippen molar-refractivity contribution in [2.24, 2.45) is 0 Å². The lowest BCUT2D eigenvalue weighted by atomic mass is 10.1. The van der Waals surface area contributed by atoms with Crippen molar-refractivity contribution in [3.8, 4) is 17.4 Å². The van der Waals surface area contributed by atoms with Crippen LogP contribution in [0.25, 0.3) is 11.0 Å². The number of rotatable bonds is 13. The summed E-state index contributed by atoms with van der Waals surface area (Å²) in [6.45, 7) is 7.26. The monoisotopic (exact) mass is 634 g/mol. The highest BCUT2D eigenvalue weighted by molar-refractivity contribution is 8.00. The molecule has 13 heteroatoms. The second kappa shape index (κ2) is 16.2. The number of carbonyl (C=O) groups excluding carboxylic acids is 1. The maximum Gasteiger partial charge on any atom is 0.407 e. The molecule has 3 aromatic heterocycles. The molecule has 0 saturated heterocycles. The highest BCUT2D eigenvalue weighted by atomic mass is 32.2. The van der Waals surface area contributed by atoms with Gasteiger partial charge in [-0.3, -0.25) is 4.68 Å². The minimum absolute atomic E-state index is 0.316. The molecule has 0 spiro atoms. The van der Waals surface area contributed by atoms with Crippen molar-refractivity contribution < 1.29 is 28.3 Å².